The van der Waals surface area contributed by atoms with Gasteiger partial charge in [0.05, 0.1) is 22.9 Å². The maximum atomic E-state index is 13.7. The average Bonchev–Trinajstić information content (AvgIpc) is 3.36. The summed E-state index contributed by atoms with van der Waals surface area (Å²) in [6.45, 7) is 1.51. The van der Waals surface area contributed by atoms with Gasteiger partial charge in [0, 0.05) is 18.0 Å². The number of hydrogen-bond donors (Lipinski definition) is 0. The fraction of sp³-hybridized carbons (Fsp3) is 0.154. The van der Waals surface area contributed by atoms with E-state index in [9.17, 15) is 4.79 Å². The molecule has 170 valence electrons. The highest BCUT2D eigenvalue weighted by atomic mass is 32.2. The van der Waals surface area contributed by atoms with E-state index in [1.807, 2.05) is 67.7 Å². The number of nitrogens with zero attached hydrogens (tertiary/aromatic N) is 3. The van der Waals surface area contributed by atoms with E-state index in [2.05, 4.69) is 17.0 Å². The van der Waals surface area contributed by atoms with Crippen molar-refractivity contribution in [1.29, 1.82) is 0 Å². The fourth-order valence-corrected chi connectivity index (χ4v) is 6.38. The first-order valence-electron chi connectivity index (χ1n) is 10.9. The van der Waals surface area contributed by atoms with Crippen LogP contribution < -0.4 is 14.4 Å². The first-order chi connectivity index (χ1) is 16.7. The topological polar surface area (TPSA) is 54.4 Å². The third-order valence-corrected chi connectivity index (χ3v) is 8.16. The Hall–Kier alpha value is -3.36. The lowest BCUT2D eigenvalue weighted by atomic mass is 10.2. The number of fused-ring (bicyclic) bond motifs is 2. The van der Waals surface area contributed by atoms with Crippen molar-refractivity contribution in [2.45, 2.75) is 11.4 Å². The van der Waals surface area contributed by atoms with Gasteiger partial charge in [-0.15, -0.1) is 0 Å². The van der Waals surface area contributed by atoms with Crippen molar-refractivity contribution in [3.05, 3.63) is 88.3 Å². The fourth-order valence-electron chi connectivity index (χ4n) is 4.04. The van der Waals surface area contributed by atoms with Crippen LogP contribution in [0, 0.1) is 0 Å². The monoisotopic (exact) mass is 487 g/mol. The van der Waals surface area contributed by atoms with Crippen LogP contribution in [0.15, 0.2) is 92.6 Å². The zero-order valence-corrected chi connectivity index (χ0v) is 20.1. The van der Waals surface area contributed by atoms with Gasteiger partial charge in [-0.05, 0) is 41.6 Å². The summed E-state index contributed by atoms with van der Waals surface area (Å²) in [6.07, 6.45) is 0. The van der Waals surface area contributed by atoms with Crippen molar-refractivity contribution < 1.29 is 14.3 Å². The molecule has 3 aromatic rings. The van der Waals surface area contributed by atoms with Gasteiger partial charge in [0.15, 0.2) is 16.7 Å². The number of ether oxygens (including phenoxy) is 2. The second-order valence-electron chi connectivity index (χ2n) is 7.96. The minimum Gasteiger partial charge on any atom is -0.486 e. The molecule has 3 aromatic carbocycles. The number of rotatable bonds is 3. The highest BCUT2D eigenvalue weighted by Gasteiger charge is 2.39. The highest BCUT2D eigenvalue weighted by molar-refractivity contribution is 8.19. The standard InChI is InChI=1S/C26H21N3O3S2/c1-28-19-9-5-6-10-22(19)33-25(28)23-24(30)29(16-17-7-3-2-4-8-17)26(34-23)27-18-11-12-20-21(15-18)32-14-13-31-20/h2-12,15H,13-14,16H2,1H3/b25-23+,27-26?. The Morgan fingerprint density at radius 3 is 2.50 bits per heavy atom. The van der Waals surface area contributed by atoms with Crippen LogP contribution >= 0.6 is 23.5 Å². The molecule has 3 heterocycles. The average molecular weight is 488 g/mol. The van der Waals surface area contributed by atoms with Crippen LogP contribution in [-0.2, 0) is 11.3 Å². The number of para-hydroxylation sites is 1. The lowest BCUT2D eigenvalue weighted by Gasteiger charge is -2.19. The Balaban J connectivity index is 1.39. The molecule has 0 aliphatic carbocycles. The highest BCUT2D eigenvalue weighted by Crippen LogP contribution is 2.50. The molecule has 0 radical (unpaired) electrons. The molecule has 34 heavy (non-hydrogen) atoms. The lowest BCUT2D eigenvalue weighted by Crippen LogP contribution is -2.29. The van der Waals surface area contributed by atoms with Crippen LogP contribution in [0.2, 0.25) is 0 Å². The van der Waals surface area contributed by atoms with Gasteiger partial charge in [0.2, 0.25) is 0 Å². The number of aliphatic imine (C=N–C) groups is 1. The van der Waals surface area contributed by atoms with Crippen LogP contribution in [-0.4, -0.2) is 36.2 Å². The molecule has 6 rings (SSSR count). The predicted molar refractivity (Wildman–Crippen MR) is 137 cm³/mol. The first-order valence-corrected chi connectivity index (χ1v) is 12.6. The zero-order chi connectivity index (χ0) is 23.1. The van der Waals surface area contributed by atoms with E-state index in [0.717, 1.165) is 32.6 Å². The second-order valence-corrected chi connectivity index (χ2v) is 9.97. The summed E-state index contributed by atoms with van der Waals surface area (Å²) in [5.74, 6) is 1.36. The van der Waals surface area contributed by atoms with Gasteiger partial charge >= 0.3 is 0 Å². The molecule has 3 aliphatic heterocycles. The minimum atomic E-state index is -0.0349. The molecule has 0 spiro atoms. The molecule has 0 aromatic heterocycles. The number of carbonyl (C=O) groups excluding carboxylic acids is 1. The van der Waals surface area contributed by atoms with E-state index in [0.29, 0.717) is 35.6 Å². The SMILES string of the molecule is CN1/C(=C2\SC(=Nc3ccc4c(c3)OCCO4)N(Cc3ccccc3)C2=O)Sc2ccccc21. The van der Waals surface area contributed by atoms with Crippen LogP contribution in [0.25, 0.3) is 0 Å². The van der Waals surface area contributed by atoms with E-state index in [1.54, 1.807) is 16.7 Å². The smallest absolute Gasteiger partial charge is 0.269 e. The van der Waals surface area contributed by atoms with E-state index in [4.69, 9.17) is 14.5 Å². The largest absolute Gasteiger partial charge is 0.486 e. The van der Waals surface area contributed by atoms with Crippen LogP contribution in [0.4, 0.5) is 11.4 Å². The summed E-state index contributed by atoms with van der Waals surface area (Å²) in [7, 11) is 2.01. The minimum absolute atomic E-state index is 0.0349. The number of amidine groups is 1. The number of carbonyl (C=O) groups is 1. The van der Waals surface area contributed by atoms with Gasteiger partial charge in [0.1, 0.15) is 18.1 Å². The van der Waals surface area contributed by atoms with E-state index in [-0.39, 0.29) is 5.91 Å². The van der Waals surface area contributed by atoms with Crippen molar-refractivity contribution >= 4 is 46.0 Å². The van der Waals surface area contributed by atoms with E-state index >= 15 is 0 Å². The molecular formula is C26H21N3O3S2. The van der Waals surface area contributed by atoms with Crippen molar-refractivity contribution in [3.63, 3.8) is 0 Å². The molecular weight excluding hydrogens is 466 g/mol. The van der Waals surface area contributed by atoms with Crippen molar-refractivity contribution in [2.24, 2.45) is 4.99 Å². The molecule has 0 saturated carbocycles. The van der Waals surface area contributed by atoms with Crippen LogP contribution in [0.1, 0.15) is 5.56 Å². The van der Waals surface area contributed by atoms with Gasteiger partial charge < -0.3 is 14.4 Å². The Morgan fingerprint density at radius 1 is 0.912 bits per heavy atom. The van der Waals surface area contributed by atoms with Crippen molar-refractivity contribution in [3.8, 4) is 11.5 Å². The summed E-state index contributed by atoms with van der Waals surface area (Å²) >= 11 is 3.05. The molecule has 0 N–H and O–H groups in total. The van der Waals surface area contributed by atoms with E-state index in [1.165, 1.54) is 11.8 Å². The van der Waals surface area contributed by atoms with Gasteiger partial charge in [-0.2, -0.15) is 0 Å². The van der Waals surface area contributed by atoms with Crippen molar-refractivity contribution in [1.82, 2.24) is 4.90 Å². The molecule has 0 bridgehead atoms. The molecule has 1 fully saturated rings. The number of anilines is 1. The van der Waals surface area contributed by atoms with Gasteiger partial charge in [-0.25, -0.2) is 4.99 Å². The molecule has 1 amide bonds. The van der Waals surface area contributed by atoms with Gasteiger partial charge in [-0.3, -0.25) is 9.69 Å². The molecule has 6 nitrogen and oxygen atoms in total. The second kappa shape index (κ2) is 8.77. The van der Waals surface area contributed by atoms with Gasteiger partial charge in [-0.1, -0.05) is 54.2 Å². The molecule has 1 saturated heterocycles. The van der Waals surface area contributed by atoms with Crippen LogP contribution in [0.3, 0.4) is 0 Å². The number of amides is 1. The van der Waals surface area contributed by atoms with Crippen molar-refractivity contribution in [2.75, 3.05) is 25.2 Å². The number of thioether (sulfide) groups is 2. The normalized spacial score (nSPS) is 20.3. The van der Waals surface area contributed by atoms with Gasteiger partial charge in [0.25, 0.3) is 5.91 Å². The predicted octanol–water partition coefficient (Wildman–Crippen LogP) is 5.63. The number of hydrogen-bond acceptors (Lipinski definition) is 7. The first kappa shape index (κ1) is 21.2. The quantitative estimate of drug-likeness (QED) is 0.446. The molecule has 0 unspecified atom stereocenters. The summed E-state index contributed by atoms with van der Waals surface area (Å²) in [6, 6.07) is 23.8. The van der Waals surface area contributed by atoms with E-state index < -0.39 is 0 Å². The maximum absolute atomic E-state index is 13.7. The molecule has 8 heteroatoms. The molecule has 0 atom stereocenters. The summed E-state index contributed by atoms with van der Waals surface area (Å²) < 4.78 is 11.4. The summed E-state index contributed by atoms with van der Waals surface area (Å²) in [4.78, 5) is 24.3. The van der Waals surface area contributed by atoms with Crippen LogP contribution in [0.5, 0.6) is 11.5 Å². The summed E-state index contributed by atoms with van der Waals surface area (Å²) in [5, 5.41) is 1.58. The summed E-state index contributed by atoms with van der Waals surface area (Å²) in [5.41, 5.74) is 2.88. The Labute approximate surface area is 206 Å². The lowest BCUT2D eigenvalue weighted by molar-refractivity contribution is -0.122. The Kier molecular flexibility index (Phi) is 5.47. The number of benzene rings is 3. The third kappa shape index (κ3) is 3.82. The molecule has 3 aliphatic rings. The Morgan fingerprint density at radius 2 is 1.68 bits per heavy atom. The third-order valence-electron chi connectivity index (χ3n) is 5.73. The Bertz CT molecular complexity index is 1340. The zero-order valence-electron chi connectivity index (χ0n) is 18.4. The maximum Gasteiger partial charge on any atom is 0.269 e.